The number of amides is 1. The number of nitrogens with one attached hydrogen (secondary N) is 1. The van der Waals surface area contributed by atoms with Crippen LogP contribution in [0.3, 0.4) is 0 Å². The summed E-state index contributed by atoms with van der Waals surface area (Å²) < 4.78 is 13.7. The van der Waals surface area contributed by atoms with Gasteiger partial charge in [-0.3, -0.25) is 4.79 Å². The van der Waals surface area contributed by atoms with Crippen LogP contribution in [0.4, 0.5) is 4.39 Å². The summed E-state index contributed by atoms with van der Waals surface area (Å²) in [6.45, 7) is 1.83. The molecular formula is C15H17BrFNO3. The molecule has 2 unspecified atom stereocenters. The molecule has 1 saturated carbocycles. The van der Waals surface area contributed by atoms with Crippen molar-refractivity contribution in [3.63, 3.8) is 0 Å². The van der Waals surface area contributed by atoms with Crippen molar-refractivity contribution >= 4 is 27.8 Å². The first-order valence-corrected chi connectivity index (χ1v) is 7.67. The molecule has 1 aromatic carbocycles. The van der Waals surface area contributed by atoms with E-state index in [0.29, 0.717) is 10.9 Å². The fourth-order valence-electron chi connectivity index (χ4n) is 2.85. The molecule has 1 aromatic rings. The third-order valence-corrected chi connectivity index (χ3v) is 4.88. The lowest BCUT2D eigenvalue weighted by Gasteiger charge is -2.39. The molecule has 1 fully saturated rings. The van der Waals surface area contributed by atoms with Crippen molar-refractivity contribution in [1.29, 1.82) is 0 Å². The molecule has 2 rings (SSSR count). The Balaban J connectivity index is 2.31. The van der Waals surface area contributed by atoms with Crippen LogP contribution in [0.25, 0.3) is 0 Å². The molecule has 1 amide bonds. The lowest BCUT2D eigenvalue weighted by molar-refractivity contribution is -0.148. The second-order valence-corrected chi connectivity index (χ2v) is 6.36. The SMILES string of the molecule is CC1CCCCC1(NC(=O)c1cc(F)ccc1Br)C(=O)O. The molecular weight excluding hydrogens is 341 g/mol. The van der Waals surface area contributed by atoms with Crippen molar-refractivity contribution in [3.05, 3.63) is 34.1 Å². The number of carboxylic acid groups (broad SMARTS) is 1. The standard InChI is InChI=1S/C15H17BrFNO3/c1-9-4-2-3-7-15(9,14(20)21)18-13(19)11-8-10(17)5-6-12(11)16/h5-6,8-9H,2-4,7H2,1H3,(H,18,19)(H,20,21). The number of rotatable bonds is 3. The van der Waals surface area contributed by atoms with Crippen LogP contribution in [0.2, 0.25) is 0 Å². The summed E-state index contributed by atoms with van der Waals surface area (Å²) in [5, 5.41) is 12.2. The third-order valence-electron chi connectivity index (χ3n) is 4.19. The minimum Gasteiger partial charge on any atom is -0.479 e. The van der Waals surface area contributed by atoms with E-state index in [1.54, 1.807) is 0 Å². The van der Waals surface area contributed by atoms with E-state index in [2.05, 4.69) is 21.2 Å². The van der Waals surface area contributed by atoms with E-state index in [9.17, 15) is 19.1 Å². The molecule has 0 spiro atoms. The highest BCUT2D eigenvalue weighted by Gasteiger charge is 2.46. The van der Waals surface area contributed by atoms with Gasteiger partial charge in [0.2, 0.25) is 0 Å². The topological polar surface area (TPSA) is 66.4 Å². The number of carbonyl (C=O) groups excluding carboxylic acids is 1. The molecule has 0 heterocycles. The van der Waals surface area contributed by atoms with Crippen LogP contribution in [0.1, 0.15) is 43.0 Å². The second-order valence-electron chi connectivity index (χ2n) is 5.50. The number of hydrogen-bond donors (Lipinski definition) is 2. The van der Waals surface area contributed by atoms with Crippen LogP contribution in [0.5, 0.6) is 0 Å². The Morgan fingerprint density at radius 1 is 1.43 bits per heavy atom. The monoisotopic (exact) mass is 357 g/mol. The highest BCUT2D eigenvalue weighted by molar-refractivity contribution is 9.10. The van der Waals surface area contributed by atoms with E-state index < -0.39 is 23.2 Å². The summed E-state index contributed by atoms with van der Waals surface area (Å²) in [5.41, 5.74) is -1.17. The van der Waals surface area contributed by atoms with E-state index in [1.807, 2.05) is 6.92 Å². The maximum Gasteiger partial charge on any atom is 0.329 e. The summed E-state index contributed by atoms with van der Waals surface area (Å²) in [6, 6.07) is 3.77. The minimum absolute atomic E-state index is 0.105. The van der Waals surface area contributed by atoms with Crippen molar-refractivity contribution in [2.75, 3.05) is 0 Å². The van der Waals surface area contributed by atoms with Crippen molar-refractivity contribution < 1.29 is 19.1 Å². The van der Waals surface area contributed by atoms with Gasteiger partial charge in [-0.1, -0.05) is 19.8 Å². The Bertz CT molecular complexity index is 578. The van der Waals surface area contributed by atoms with Gasteiger partial charge in [0.25, 0.3) is 5.91 Å². The number of carbonyl (C=O) groups is 2. The predicted molar refractivity (Wildman–Crippen MR) is 79.6 cm³/mol. The Hall–Kier alpha value is -1.43. The van der Waals surface area contributed by atoms with Crippen LogP contribution < -0.4 is 5.32 Å². The lowest BCUT2D eigenvalue weighted by Crippen LogP contribution is -2.60. The molecule has 21 heavy (non-hydrogen) atoms. The zero-order valence-electron chi connectivity index (χ0n) is 11.7. The molecule has 0 saturated heterocycles. The molecule has 2 atom stereocenters. The summed E-state index contributed by atoms with van der Waals surface area (Å²) in [5.74, 6) is -2.31. The smallest absolute Gasteiger partial charge is 0.329 e. The van der Waals surface area contributed by atoms with Gasteiger partial charge in [0.1, 0.15) is 11.4 Å². The molecule has 0 aliphatic heterocycles. The van der Waals surface area contributed by atoms with Gasteiger partial charge in [0.05, 0.1) is 5.56 Å². The van der Waals surface area contributed by atoms with Crippen LogP contribution in [0.15, 0.2) is 22.7 Å². The average molecular weight is 358 g/mol. The molecule has 1 aliphatic rings. The van der Waals surface area contributed by atoms with Gasteiger partial charge in [-0.25, -0.2) is 9.18 Å². The van der Waals surface area contributed by atoms with E-state index in [1.165, 1.54) is 12.1 Å². The van der Waals surface area contributed by atoms with Gasteiger partial charge in [0, 0.05) is 4.47 Å². The number of aliphatic carboxylic acids is 1. The molecule has 1 aliphatic carbocycles. The first-order chi connectivity index (χ1) is 9.86. The predicted octanol–water partition coefficient (Wildman–Crippen LogP) is 3.35. The Morgan fingerprint density at radius 3 is 2.76 bits per heavy atom. The van der Waals surface area contributed by atoms with E-state index in [4.69, 9.17) is 0 Å². The number of halogens is 2. The fraction of sp³-hybridized carbons (Fsp3) is 0.467. The largest absolute Gasteiger partial charge is 0.479 e. The van der Waals surface area contributed by atoms with Gasteiger partial charge >= 0.3 is 5.97 Å². The second kappa shape index (κ2) is 6.13. The van der Waals surface area contributed by atoms with Gasteiger partial charge in [-0.05, 0) is 52.9 Å². The van der Waals surface area contributed by atoms with Gasteiger partial charge in [0.15, 0.2) is 0 Å². The molecule has 0 bridgehead atoms. The Kier molecular flexibility index (Phi) is 4.66. The molecule has 114 valence electrons. The fourth-order valence-corrected chi connectivity index (χ4v) is 3.27. The quantitative estimate of drug-likeness (QED) is 0.871. The third kappa shape index (κ3) is 3.10. The molecule has 4 nitrogen and oxygen atoms in total. The Labute approximate surface area is 130 Å². The normalized spacial score (nSPS) is 25.4. The summed E-state index contributed by atoms with van der Waals surface area (Å²) in [4.78, 5) is 24.1. The maximum absolute atomic E-state index is 13.3. The van der Waals surface area contributed by atoms with Crippen molar-refractivity contribution in [2.45, 2.75) is 38.1 Å². The van der Waals surface area contributed by atoms with E-state index >= 15 is 0 Å². The molecule has 2 N–H and O–H groups in total. The van der Waals surface area contributed by atoms with Crippen molar-refractivity contribution in [3.8, 4) is 0 Å². The van der Waals surface area contributed by atoms with Crippen LogP contribution in [-0.4, -0.2) is 22.5 Å². The summed E-state index contributed by atoms with van der Waals surface area (Å²) in [6.07, 6.45) is 2.84. The highest BCUT2D eigenvalue weighted by Crippen LogP contribution is 2.34. The first kappa shape index (κ1) is 15.9. The lowest BCUT2D eigenvalue weighted by atomic mass is 9.73. The first-order valence-electron chi connectivity index (χ1n) is 6.88. The minimum atomic E-state index is -1.28. The van der Waals surface area contributed by atoms with Crippen molar-refractivity contribution in [2.24, 2.45) is 5.92 Å². The number of hydrogen-bond acceptors (Lipinski definition) is 2. The maximum atomic E-state index is 13.3. The molecule has 6 heteroatoms. The Morgan fingerprint density at radius 2 is 2.14 bits per heavy atom. The number of carboxylic acids is 1. The van der Waals surface area contributed by atoms with Gasteiger partial charge < -0.3 is 10.4 Å². The molecule has 0 aromatic heterocycles. The van der Waals surface area contributed by atoms with Gasteiger partial charge in [-0.2, -0.15) is 0 Å². The van der Waals surface area contributed by atoms with Crippen LogP contribution in [-0.2, 0) is 4.79 Å². The molecule has 0 radical (unpaired) electrons. The highest BCUT2D eigenvalue weighted by atomic mass is 79.9. The zero-order valence-corrected chi connectivity index (χ0v) is 13.2. The van der Waals surface area contributed by atoms with Crippen molar-refractivity contribution in [1.82, 2.24) is 5.32 Å². The van der Waals surface area contributed by atoms with E-state index in [0.717, 1.165) is 25.3 Å². The van der Waals surface area contributed by atoms with E-state index in [-0.39, 0.29) is 11.5 Å². The number of benzene rings is 1. The van der Waals surface area contributed by atoms with Crippen LogP contribution >= 0.6 is 15.9 Å². The van der Waals surface area contributed by atoms with Gasteiger partial charge in [-0.15, -0.1) is 0 Å². The van der Waals surface area contributed by atoms with Crippen LogP contribution in [0, 0.1) is 11.7 Å². The zero-order chi connectivity index (χ0) is 15.6. The summed E-state index contributed by atoms with van der Waals surface area (Å²) in [7, 11) is 0. The summed E-state index contributed by atoms with van der Waals surface area (Å²) >= 11 is 3.19. The average Bonchev–Trinajstić information content (AvgIpc) is 2.43.